The summed E-state index contributed by atoms with van der Waals surface area (Å²) < 4.78 is 51.3. The topological polar surface area (TPSA) is 66.4 Å². The number of aliphatic hydroxyl groups is 1. The van der Waals surface area contributed by atoms with Gasteiger partial charge in [-0.3, -0.25) is 0 Å². The zero-order valence-corrected chi connectivity index (χ0v) is 9.97. The minimum Gasteiger partial charge on any atom is -0.395 e. The van der Waals surface area contributed by atoms with Gasteiger partial charge in [-0.05, 0) is 18.6 Å². The lowest BCUT2D eigenvalue weighted by Gasteiger charge is -2.14. The highest BCUT2D eigenvalue weighted by Gasteiger charge is 2.20. The van der Waals surface area contributed by atoms with E-state index in [4.69, 9.17) is 5.11 Å². The van der Waals surface area contributed by atoms with Gasteiger partial charge in [-0.25, -0.2) is 21.9 Å². The molecule has 96 valence electrons. The predicted molar refractivity (Wildman–Crippen MR) is 57.8 cm³/mol. The van der Waals surface area contributed by atoms with Gasteiger partial charge in [-0.2, -0.15) is 0 Å². The van der Waals surface area contributed by atoms with Crippen LogP contribution in [0.1, 0.15) is 13.3 Å². The van der Waals surface area contributed by atoms with Gasteiger partial charge in [-0.15, -0.1) is 0 Å². The van der Waals surface area contributed by atoms with Gasteiger partial charge in [-0.1, -0.05) is 6.92 Å². The number of rotatable bonds is 5. The fraction of sp³-hybridized carbons (Fsp3) is 0.400. The van der Waals surface area contributed by atoms with Crippen molar-refractivity contribution in [2.75, 3.05) is 6.61 Å². The highest BCUT2D eigenvalue weighted by Crippen LogP contribution is 2.14. The van der Waals surface area contributed by atoms with Gasteiger partial charge in [0.2, 0.25) is 10.0 Å². The van der Waals surface area contributed by atoms with E-state index in [-0.39, 0.29) is 6.61 Å². The molecule has 0 aromatic heterocycles. The average molecular weight is 265 g/mol. The molecule has 0 bridgehead atoms. The van der Waals surface area contributed by atoms with E-state index in [1.165, 1.54) is 0 Å². The summed E-state index contributed by atoms with van der Waals surface area (Å²) in [5.41, 5.74) is 0. The van der Waals surface area contributed by atoms with E-state index >= 15 is 0 Å². The Morgan fingerprint density at radius 1 is 1.29 bits per heavy atom. The van der Waals surface area contributed by atoms with Crippen molar-refractivity contribution >= 4 is 10.0 Å². The normalized spacial score (nSPS) is 13.6. The smallest absolute Gasteiger partial charge is 0.241 e. The lowest BCUT2D eigenvalue weighted by Crippen LogP contribution is -2.36. The Kier molecular flexibility index (Phi) is 4.55. The molecule has 7 heteroatoms. The molecule has 0 aliphatic rings. The van der Waals surface area contributed by atoms with E-state index in [9.17, 15) is 17.2 Å². The van der Waals surface area contributed by atoms with Crippen molar-refractivity contribution in [3.8, 4) is 0 Å². The first-order valence-corrected chi connectivity index (χ1v) is 6.46. The van der Waals surface area contributed by atoms with Crippen LogP contribution in [0.2, 0.25) is 0 Å². The Morgan fingerprint density at radius 3 is 2.24 bits per heavy atom. The van der Waals surface area contributed by atoms with Crippen molar-refractivity contribution in [1.82, 2.24) is 4.72 Å². The maximum Gasteiger partial charge on any atom is 0.241 e. The van der Waals surface area contributed by atoms with Crippen molar-refractivity contribution in [2.45, 2.75) is 24.3 Å². The maximum atomic E-state index is 12.9. The first-order chi connectivity index (χ1) is 7.89. The van der Waals surface area contributed by atoms with E-state index in [2.05, 4.69) is 4.72 Å². The molecule has 0 spiro atoms. The molecule has 0 heterocycles. The molecule has 1 rings (SSSR count). The summed E-state index contributed by atoms with van der Waals surface area (Å²) in [5.74, 6) is -1.94. The van der Waals surface area contributed by atoms with Gasteiger partial charge in [0.1, 0.15) is 11.6 Å². The Balaban J connectivity index is 3.04. The first-order valence-electron chi connectivity index (χ1n) is 4.98. The minimum absolute atomic E-state index is 0.369. The molecule has 17 heavy (non-hydrogen) atoms. The number of hydrogen-bond donors (Lipinski definition) is 2. The number of hydrogen-bond acceptors (Lipinski definition) is 3. The molecule has 1 aromatic carbocycles. The molecule has 1 atom stereocenters. The third-order valence-corrected chi connectivity index (χ3v) is 3.68. The number of halogens is 2. The zero-order valence-electron chi connectivity index (χ0n) is 9.15. The molecule has 0 fully saturated rings. The summed E-state index contributed by atoms with van der Waals surface area (Å²) in [6.45, 7) is 1.29. The second-order valence-corrected chi connectivity index (χ2v) is 5.23. The second kappa shape index (κ2) is 5.52. The maximum absolute atomic E-state index is 12.9. The molecule has 2 N–H and O–H groups in total. The highest BCUT2D eigenvalue weighted by molar-refractivity contribution is 7.89. The molecule has 4 nitrogen and oxygen atoms in total. The van der Waals surface area contributed by atoms with Crippen LogP contribution < -0.4 is 4.72 Å². The zero-order chi connectivity index (χ0) is 13.1. The van der Waals surface area contributed by atoms with Crippen molar-refractivity contribution in [1.29, 1.82) is 0 Å². The van der Waals surface area contributed by atoms with Crippen LogP contribution in [-0.2, 0) is 10.0 Å². The first kappa shape index (κ1) is 14.0. The molecule has 1 aromatic rings. The summed E-state index contributed by atoms with van der Waals surface area (Å²) in [4.78, 5) is -0.498. The second-order valence-electron chi connectivity index (χ2n) is 3.51. The quantitative estimate of drug-likeness (QED) is 0.835. The molecular weight excluding hydrogens is 252 g/mol. The van der Waals surface area contributed by atoms with Gasteiger partial charge < -0.3 is 5.11 Å². The molecule has 0 radical (unpaired) electrons. The standard InChI is InChI=1S/C10H13F2NO3S/c1-2-9(6-14)13-17(15,16)10-4-7(11)3-8(12)5-10/h3-5,9,13-14H,2,6H2,1H3. The van der Waals surface area contributed by atoms with E-state index in [0.717, 1.165) is 12.1 Å². The van der Waals surface area contributed by atoms with Crippen molar-refractivity contribution in [3.63, 3.8) is 0 Å². The number of aliphatic hydroxyl groups excluding tert-OH is 1. The van der Waals surface area contributed by atoms with Crippen LogP contribution in [0.5, 0.6) is 0 Å². The van der Waals surface area contributed by atoms with Crippen LogP contribution in [0.25, 0.3) is 0 Å². The highest BCUT2D eigenvalue weighted by atomic mass is 32.2. The number of benzene rings is 1. The molecule has 1 unspecified atom stereocenters. The van der Waals surface area contributed by atoms with Crippen molar-refractivity contribution < 1.29 is 22.3 Å². The Bertz CT molecular complexity index is 466. The van der Waals surface area contributed by atoms with E-state index in [1.807, 2.05) is 0 Å². The van der Waals surface area contributed by atoms with E-state index in [1.54, 1.807) is 6.92 Å². The third kappa shape index (κ3) is 3.72. The summed E-state index contributed by atoms with van der Waals surface area (Å²) >= 11 is 0. The van der Waals surface area contributed by atoms with Gasteiger partial charge in [0, 0.05) is 12.1 Å². The molecule has 0 aliphatic carbocycles. The fourth-order valence-corrected chi connectivity index (χ4v) is 2.57. The summed E-state index contributed by atoms with van der Waals surface area (Å²) in [7, 11) is -4.02. The van der Waals surface area contributed by atoms with Crippen LogP contribution in [-0.4, -0.2) is 26.2 Å². The Hall–Kier alpha value is -1.05. The number of nitrogens with one attached hydrogen (secondary N) is 1. The predicted octanol–water partition coefficient (Wildman–Crippen LogP) is 1.01. The van der Waals surface area contributed by atoms with Gasteiger partial charge in [0.15, 0.2) is 0 Å². The summed E-state index contributed by atoms with van der Waals surface area (Å²) in [6.07, 6.45) is 0.369. The Labute approximate surface area is 98.3 Å². The van der Waals surface area contributed by atoms with E-state index in [0.29, 0.717) is 12.5 Å². The lowest BCUT2D eigenvalue weighted by atomic mass is 10.3. The van der Waals surface area contributed by atoms with Crippen LogP contribution in [0, 0.1) is 11.6 Å². The molecular formula is C10H13F2NO3S. The van der Waals surface area contributed by atoms with Crippen LogP contribution in [0.4, 0.5) is 8.78 Å². The summed E-state index contributed by atoms with van der Waals surface area (Å²) in [5, 5.41) is 8.87. The van der Waals surface area contributed by atoms with Gasteiger partial charge in [0.25, 0.3) is 0 Å². The molecule has 0 saturated heterocycles. The van der Waals surface area contributed by atoms with E-state index < -0.39 is 32.6 Å². The SMILES string of the molecule is CCC(CO)NS(=O)(=O)c1cc(F)cc(F)c1. The number of sulfonamides is 1. The van der Waals surface area contributed by atoms with Gasteiger partial charge >= 0.3 is 0 Å². The minimum atomic E-state index is -4.02. The largest absolute Gasteiger partial charge is 0.395 e. The molecule has 0 aliphatic heterocycles. The fourth-order valence-electron chi connectivity index (χ4n) is 1.22. The molecule has 0 amide bonds. The average Bonchev–Trinajstić information content (AvgIpc) is 2.24. The molecule has 0 saturated carbocycles. The van der Waals surface area contributed by atoms with Crippen LogP contribution >= 0.6 is 0 Å². The lowest BCUT2D eigenvalue weighted by molar-refractivity contribution is 0.254. The van der Waals surface area contributed by atoms with Crippen LogP contribution in [0.3, 0.4) is 0 Å². The van der Waals surface area contributed by atoms with Gasteiger partial charge in [0.05, 0.1) is 11.5 Å². The van der Waals surface area contributed by atoms with Crippen molar-refractivity contribution in [2.24, 2.45) is 0 Å². The van der Waals surface area contributed by atoms with Crippen LogP contribution in [0.15, 0.2) is 23.1 Å². The monoisotopic (exact) mass is 265 g/mol. The van der Waals surface area contributed by atoms with Crippen molar-refractivity contribution in [3.05, 3.63) is 29.8 Å². The Morgan fingerprint density at radius 2 is 1.82 bits per heavy atom. The third-order valence-electron chi connectivity index (χ3n) is 2.18. The summed E-state index contributed by atoms with van der Waals surface area (Å²) in [6, 6.07) is 1.35.